The number of carbonyl (C=O) groups is 1. The molecule has 6 nitrogen and oxygen atoms in total. The third-order valence-corrected chi connectivity index (χ3v) is 6.90. The summed E-state index contributed by atoms with van der Waals surface area (Å²) >= 11 is 0. The molecule has 0 fully saturated rings. The highest BCUT2D eigenvalue weighted by atomic mass is 32.2. The zero-order chi connectivity index (χ0) is 22.5. The van der Waals surface area contributed by atoms with E-state index in [1.165, 1.54) is 49.9 Å². The Morgan fingerprint density at radius 1 is 0.742 bits per heavy atom. The van der Waals surface area contributed by atoms with Crippen LogP contribution in [-0.2, 0) is 14.6 Å². The molecule has 3 N–H and O–H groups in total. The third kappa shape index (κ3) is 9.00. The minimum absolute atomic E-state index is 0.0276. The lowest BCUT2D eigenvalue weighted by Crippen LogP contribution is -2.09. The Morgan fingerprint density at radius 2 is 1.19 bits per heavy atom. The Hall–Kier alpha value is -2.54. The average Bonchev–Trinajstić information content (AvgIpc) is 2.75. The molecule has 2 aromatic carbocycles. The van der Waals surface area contributed by atoms with E-state index in [1.807, 2.05) is 0 Å². The lowest BCUT2D eigenvalue weighted by Gasteiger charge is -2.08. The first-order chi connectivity index (χ1) is 14.9. The zero-order valence-electron chi connectivity index (χ0n) is 18.0. The number of rotatable bonds is 15. The van der Waals surface area contributed by atoms with Gasteiger partial charge in [0.05, 0.1) is 16.4 Å². The fourth-order valence-corrected chi connectivity index (χ4v) is 4.57. The number of primary amides is 1. The fraction of sp³-hybridized carbons (Fsp3) is 0.458. The monoisotopic (exact) mass is 447 g/mol. The maximum atomic E-state index is 12.6. The summed E-state index contributed by atoms with van der Waals surface area (Å²) in [6, 6.07) is 11.9. The maximum Gasteiger partial charge on any atom is 0.217 e. The molecule has 0 aliphatic rings. The number of ether oxygens (including phenoxy) is 1. The van der Waals surface area contributed by atoms with Crippen LogP contribution in [0.3, 0.4) is 0 Å². The Balaban J connectivity index is 1.59. The van der Waals surface area contributed by atoms with E-state index in [1.54, 1.807) is 24.3 Å². The van der Waals surface area contributed by atoms with Crippen LogP contribution in [0.4, 0.5) is 0 Å². The molecule has 170 valence electrons. The molecular weight excluding hydrogens is 414 g/mol. The smallest absolute Gasteiger partial charge is 0.217 e. The number of carbonyl (C=O) groups excluding carboxylic acids is 1. The van der Waals surface area contributed by atoms with Crippen molar-refractivity contribution >= 4 is 15.7 Å². The molecule has 2 rings (SSSR count). The van der Waals surface area contributed by atoms with Crippen LogP contribution in [0.5, 0.6) is 11.5 Å². The lowest BCUT2D eigenvalue weighted by atomic mass is 10.1. The third-order valence-electron chi connectivity index (χ3n) is 5.12. The van der Waals surface area contributed by atoms with E-state index >= 15 is 0 Å². The maximum absolute atomic E-state index is 12.6. The van der Waals surface area contributed by atoms with Crippen molar-refractivity contribution in [1.82, 2.24) is 0 Å². The van der Waals surface area contributed by atoms with Crippen LogP contribution in [0, 0.1) is 0 Å². The van der Waals surface area contributed by atoms with E-state index in [9.17, 15) is 18.3 Å². The molecule has 0 aliphatic heterocycles. The van der Waals surface area contributed by atoms with Crippen molar-refractivity contribution in [2.24, 2.45) is 5.73 Å². The van der Waals surface area contributed by atoms with Gasteiger partial charge in [-0.3, -0.25) is 4.79 Å². The number of aromatic hydroxyl groups is 1. The van der Waals surface area contributed by atoms with E-state index in [2.05, 4.69) is 0 Å². The first kappa shape index (κ1) is 24.7. The van der Waals surface area contributed by atoms with Crippen molar-refractivity contribution < 1.29 is 23.1 Å². The van der Waals surface area contributed by atoms with Gasteiger partial charge in [0.2, 0.25) is 15.7 Å². The number of hydrogen-bond acceptors (Lipinski definition) is 5. The molecule has 2 aromatic rings. The minimum Gasteiger partial charge on any atom is -0.508 e. The molecule has 0 atom stereocenters. The second-order valence-corrected chi connectivity index (χ2v) is 9.67. The number of nitrogens with two attached hydrogens (primary N) is 1. The molecule has 0 saturated carbocycles. The predicted octanol–water partition coefficient (Wildman–Crippen LogP) is 4.99. The van der Waals surface area contributed by atoms with Crippen LogP contribution in [0.1, 0.15) is 64.2 Å². The van der Waals surface area contributed by atoms with Gasteiger partial charge in [0.25, 0.3) is 0 Å². The lowest BCUT2D eigenvalue weighted by molar-refractivity contribution is -0.118. The van der Waals surface area contributed by atoms with Gasteiger partial charge in [-0.25, -0.2) is 8.42 Å². The van der Waals surface area contributed by atoms with Crippen LogP contribution in [0.15, 0.2) is 58.3 Å². The summed E-state index contributed by atoms with van der Waals surface area (Å²) in [6.45, 7) is 0.608. The van der Waals surface area contributed by atoms with Crippen molar-refractivity contribution in [3.63, 3.8) is 0 Å². The topological polar surface area (TPSA) is 107 Å². The molecule has 0 spiro atoms. The normalized spacial score (nSPS) is 11.4. The van der Waals surface area contributed by atoms with Crippen molar-refractivity contribution in [3.8, 4) is 11.5 Å². The van der Waals surface area contributed by atoms with Crippen molar-refractivity contribution in [2.45, 2.75) is 74.0 Å². The summed E-state index contributed by atoms with van der Waals surface area (Å²) in [5.41, 5.74) is 5.12. The Kier molecular flexibility index (Phi) is 10.4. The van der Waals surface area contributed by atoms with Gasteiger partial charge in [-0.2, -0.15) is 0 Å². The van der Waals surface area contributed by atoms with Gasteiger partial charge in [0.15, 0.2) is 0 Å². The standard InChI is InChI=1S/C24H33NO5S/c25-24(27)10-8-6-4-2-1-3-5-7-9-19-30-21-13-17-23(18-14-21)31(28,29)22-15-11-20(26)12-16-22/h11-18,26H,1-10,19H2,(H2,25,27). The van der Waals surface area contributed by atoms with Gasteiger partial charge in [0, 0.05) is 6.42 Å². The van der Waals surface area contributed by atoms with Gasteiger partial charge in [-0.05, 0) is 61.4 Å². The fourth-order valence-electron chi connectivity index (χ4n) is 3.31. The van der Waals surface area contributed by atoms with Gasteiger partial charge >= 0.3 is 0 Å². The molecular formula is C24H33NO5S. The number of sulfone groups is 1. The van der Waals surface area contributed by atoms with Gasteiger partial charge in [0.1, 0.15) is 11.5 Å². The first-order valence-corrected chi connectivity index (χ1v) is 12.4. The summed E-state index contributed by atoms with van der Waals surface area (Å²) in [5, 5.41) is 9.32. The SMILES string of the molecule is NC(=O)CCCCCCCCCCCOc1ccc(S(=O)(=O)c2ccc(O)cc2)cc1. The second-order valence-electron chi connectivity index (χ2n) is 7.72. The van der Waals surface area contributed by atoms with Gasteiger partial charge in [-0.15, -0.1) is 0 Å². The predicted molar refractivity (Wildman–Crippen MR) is 121 cm³/mol. The van der Waals surface area contributed by atoms with Crippen LogP contribution >= 0.6 is 0 Å². The van der Waals surface area contributed by atoms with E-state index < -0.39 is 9.84 Å². The highest BCUT2D eigenvalue weighted by molar-refractivity contribution is 7.91. The number of hydrogen-bond donors (Lipinski definition) is 2. The molecule has 0 saturated heterocycles. The zero-order valence-corrected chi connectivity index (χ0v) is 18.8. The van der Waals surface area contributed by atoms with Crippen molar-refractivity contribution in [3.05, 3.63) is 48.5 Å². The van der Waals surface area contributed by atoms with Crippen LogP contribution in [0.2, 0.25) is 0 Å². The molecule has 0 aromatic heterocycles. The number of unbranched alkanes of at least 4 members (excludes halogenated alkanes) is 8. The van der Waals surface area contributed by atoms with Crippen LogP contribution < -0.4 is 10.5 Å². The summed E-state index contributed by atoms with van der Waals surface area (Å²) in [4.78, 5) is 11.0. The number of benzene rings is 2. The summed E-state index contributed by atoms with van der Waals surface area (Å²) < 4.78 is 30.9. The largest absolute Gasteiger partial charge is 0.508 e. The highest BCUT2D eigenvalue weighted by Gasteiger charge is 2.17. The van der Waals surface area contributed by atoms with Gasteiger partial charge in [-0.1, -0.05) is 44.9 Å². The summed E-state index contributed by atoms with van der Waals surface area (Å²) in [5.74, 6) is 0.470. The van der Waals surface area contributed by atoms with Crippen molar-refractivity contribution in [1.29, 1.82) is 0 Å². The molecule has 1 amide bonds. The Morgan fingerprint density at radius 3 is 1.71 bits per heavy atom. The molecule has 31 heavy (non-hydrogen) atoms. The summed E-state index contributed by atoms with van der Waals surface area (Å²) in [7, 11) is -3.61. The molecule has 0 radical (unpaired) electrons. The number of amides is 1. The molecule has 7 heteroatoms. The number of phenolic OH excluding ortho intramolecular Hbond substituents is 1. The molecule has 0 bridgehead atoms. The van der Waals surface area contributed by atoms with E-state index in [4.69, 9.17) is 10.5 Å². The number of phenols is 1. The van der Waals surface area contributed by atoms with E-state index in [-0.39, 0.29) is 21.4 Å². The highest BCUT2D eigenvalue weighted by Crippen LogP contribution is 2.24. The molecule has 0 unspecified atom stereocenters. The Labute approximate surface area is 185 Å². The second kappa shape index (κ2) is 13.0. The quantitative estimate of drug-likeness (QED) is 0.374. The first-order valence-electron chi connectivity index (χ1n) is 10.9. The summed E-state index contributed by atoms with van der Waals surface area (Å²) in [6.07, 6.45) is 10.5. The average molecular weight is 448 g/mol. The Bertz CT molecular complexity index is 893. The minimum atomic E-state index is -3.61. The molecule has 0 heterocycles. The molecule has 0 aliphatic carbocycles. The van der Waals surface area contributed by atoms with Gasteiger partial charge < -0.3 is 15.6 Å². The van der Waals surface area contributed by atoms with E-state index in [0.29, 0.717) is 18.8 Å². The van der Waals surface area contributed by atoms with Crippen molar-refractivity contribution in [2.75, 3.05) is 6.61 Å². The van der Waals surface area contributed by atoms with Crippen LogP contribution in [-0.4, -0.2) is 26.0 Å². The van der Waals surface area contributed by atoms with E-state index in [0.717, 1.165) is 32.1 Å². The van der Waals surface area contributed by atoms with Crippen LogP contribution in [0.25, 0.3) is 0 Å².